The molecule has 0 atom stereocenters. The average molecular weight is 351 g/mol. The van der Waals surface area contributed by atoms with Crippen LogP contribution in [0.5, 0.6) is 0 Å². The highest BCUT2D eigenvalue weighted by molar-refractivity contribution is 7.98. The van der Waals surface area contributed by atoms with Gasteiger partial charge in [-0.3, -0.25) is 4.79 Å². The molecule has 1 N–H and O–H groups in total. The number of anilines is 1. The van der Waals surface area contributed by atoms with E-state index in [0.717, 1.165) is 11.3 Å². The van der Waals surface area contributed by atoms with Crippen LogP contribution >= 0.6 is 11.8 Å². The minimum absolute atomic E-state index is 0.204. The quantitative estimate of drug-likeness (QED) is 0.599. The Bertz CT molecular complexity index is 843. The van der Waals surface area contributed by atoms with Gasteiger partial charge in [0.1, 0.15) is 5.82 Å². The van der Waals surface area contributed by atoms with Gasteiger partial charge < -0.3 is 5.32 Å². The fourth-order valence-electron chi connectivity index (χ4n) is 2.29. The van der Waals surface area contributed by atoms with Crippen LogP contribution in [0.1, 0.15) is 21.5 Å². The van der Waals surface area contributed by atoms with Gasteiger partial charge in [-0.25, -0.2) is 4.39 Å². The van der Waals surface area contributed by atoms with Crippen LogP contribution in [-0.4, -0.2) is 5.91 Å². The van der Waals surface area contributed by atoms with Crippen molar-refractivity contribution in [3.63, 3.8) is 0 Å². The monoisotopic (exact) mass is 351 g/mol. The summed E-state index contributed by atoms with van der Waals surface area (Å²) < 4.78 is 12.9. The van der Waals surface area contributed by atoms with Crippen molar-refractivity contribution in [2.75, 3.05) is 5.32 Å². The lowest BCUT2D eigenvalue weighted by molar-refractivity contribution is 0.102. The Morgan fingerprint density at radius 1 is 0.920 bits per heavy atom. The first-order chi connectivity index (χ1) is 12.1. The summed E-state index contributed by atoms with van der Waals surface area (Å²) in [5.41, 5.74) is 3.56. The van der Waals surface area contributed by atoms with E-state index in [1.807, 2.05) is 24.3 Å². The molecular weight excluding hydrogens is 333 g/mol. The van der Waals surface area contributed by atoms with Gasteiger partial charge in [0.05, 0.1) is 0 Å². The Balaban J connectivity index is 1.58. The van der Waals surface area contributed by atoms with Gasteiger partial charge in [0.25, 0.3) is 5.91 Å². The van der Waals surface area contributed by atoms with E-state index in [1.165, 1.54) is 22.6 Å². The van der Waals surface area contributed by atoms with Crippen LogP contribution in [0.2, 0.25) is 0 Å². The van der Waals surface area contributed by atoms with Gasteiger partial charge in [-0.15, -0.1) is 11.8 Å². The Morgan fingerprint density at radius 3 is 2.20 bits per heavy atom. The molecule has 4 heteroatoms. The van der Waals surface area contributed by atoms with Crippen molar-refractivity contribution in [3.05, 3.63) is 95.3 Å². The van der Waals surface area contributed by atoms with E-state index in [9.17, 15) is 9.18 Å². The van der Waals surface area contributed by atoms with E-state index in [-0.39, 0.29) is 11.7 Å². The normalized spacial score (nSPS) is 10.5. The first-order valence-corrected chi connectivity index (χ1v) is 8.94. The summed E-state index contributed by atoms with van der Waals surface area (Å²) in [6.07, 6.45) is 0. The molecule has 0 aromatic heterocycles. The molecule has 3 rings (SSSR count). The Kier molecular flexibility index (Phi) is 5.51. The molecule has 0 radical (unpaired) electrons. The third kappa shape index (κ3) is 4.94. The Hall–Kier alpha value is -2.59. The maximum Gasteiger partial charge on any atom is 0.255 e. The highest BCUT2D eigenvalue weighted by atomic mass is 32.2. The van der Waals surface area contributed by atoms with Gasteiger partial charge in [0.2, 0.25) is 0 Å². The number of nitrogens with one attached hydrogen (secondary N) is 1. The van der Waals surface area contributed by atoms with E-state index >= 15 is 0 Å². The summed E-state index contributed by atoms with van der Waals surface area (Å²) >= 11 is 1.76. The molecule has 0 aliphatic carbocycles. The number of carbonyl (C=O) groups excluding carboxylic acids is 1. The number of rotatable bonds is 5. The van der Waals surface area contributed by atoms with Gasteiger partial charge >= 0.3 is 0 Å². The predicted octanol–water partition coefficient (Wildman–Crippen LogP) is 5.68. The largest absolute Gasteiger partial charge is 0.322 e. The number of amides is 1. The smallest absolute Gasteiger partial charge is 0.255 e. The molecule has 0 fully saturated rings. The second kappa shape index (κ2) is 7.99. The summed E-state index contributed by atoms with van der Waals surface area (Å²) in [5.74, 6) is 0.320. The zero-order chi connectivity index (χ0) is 17.6. The number of aryl methyl sites for hydroxylation is 1. The number of hydrogen-bond donors (Lipinski definition) is 1. The molecule has 0 spiro atoms. The second-order valence-electron chi connectivity index (χ2n) is 5.76. The molecule has 0 aliphatic rings. The molecule has 126 valence electrons. The average Bonchev–Trinajstić information content (AvgIpc) is 2.63. The highest BCUT2D eigenvalue weighted by Crippen LogP contribution is 2.23. The summed E-state index contributed by atoms with van der Waals surface area (Å²) in [7, 11) is 0. The number of benzene rings is 3. The molecule has 0 bridgehead atoms. The van der Waals surface area contributed by atoms with Gasteiger partial charge in [0, 0.05) is 21.9 Å². The van der Waals surface area contributed by atoms with E-state index in [4.69, 9.17) is 0 Å². The summed E-state index contributed by atoms with van der Waals surface area (Å²) in [5, 5.41) is 2.76. The van der Waals surface area contributed by atoms with Crippen molar-refractivity contribution in [1.29, 1.82) is 0 Å². The summed E-state index contributed by atoms with van der Waals surface area (Å²) in [6.45, 7) is 2.07. The van der Waals surface area contributed by atoms with E-state index in [2.05, 4.69) is 36.5 Å². The van der Waals surface area contributed by atoms with Crippen molar-refractivity contribution in [1.82, 2.24) is 0 Å². The minimum atomic E-state index is -0.326. The standard InChI is InChI=1S/C21H18FNOS/c1-15-2-12-20(13-3-15)25-14-16-4-6-17(7-5-16)21(24)23-19-10-8-18(22)9-11-19/h2-13H,14H2,1H3,(H,23,24). The molecule has 3 aromatic carbocycles. The first kappa shape index (κ1) is 17.2. The van der Waals surface area contributed by atoms with Crippen LogP contribution < -0.4 is 5.32 Å². The summed E-state index contributed by atoms with van der Waals surface area (Å²) in [4.78, 5) is 13.4. The SMILES string of the molecule is Cc1ccc(SCc2ccc(C(=O)Nc3ccc(F)cc3)cc2)cc1. The highest BCUT2D eigenvalue weighted by Gasteiger charge is 2.06. The first-order valence-electron chi connectivity index (χ1n) is 7.95. The fraction of sp³-hybridized carbons (Fsp3) is 0.0952. The molecule has 0 heterocycles. The van der Waals surface area contributed by atoms with Gasteiger partial charge in [-0.2, -0.15) is 0 Å². The molecule has 0 unspecified atom stereocenters. The molecule has 3 aromatic rings. The number of thioether (sulfide) groups is 1. The lowest BCUT2D eigenvalue weighted by Gasteiger charge is -2.07. The van der Waals surface area contributed by atoms with Crippen molar-refractivity contribution >= 4 is 23.4 Å². The van der Waals surface area contributed by atoms with Crippen molar-refractivity contribution < 1.29 is 9.18 Å². The van der Waals surface area contributed by atoms with Crippen LogP contribution in [0.3, 0.4) is 0 Å². The zero-order valence-corrected chi connectivity index (χ0v) is 14.6. The maximum atomic E-state index is 12.9. The molecule has 1 amide bonds. The molecule has 0 saturated heterocycles. The number of halogens is 1. The lowest BCUT2D eigenvalue weighted by atomic mass is 10.1. The van der Waals surface area contributed by atoms with Crippen LogP contribution in [0, 0.1) is 12.7 Å². The number of hydrogen-bond acceptors (Lipinski definition) is 2. The van der Waals surface area contributed by atoms with Crippen molar-refractivity contribution in [2.24, 2.45) is 0 Å². The van der Waals surface area contributed by atoms with Crippen LogP contribution in [0.25, 0.3) is 0 Å². The van der Waals surface area contributed by atoms with Crippen molar-refractivity contribution in [2.45, 2.75) is 17.6 Å². The second-order valence-corrected chi connectivity index (χ2v) is 6.81. The predicted molar refractivity (Wildman–Crippen MR) is 102 cm³/mol. The van der Waals surface area contributed by atoms with Crippen LogP contribution in [0.4, 0.5) is 10.1 Å². The lowest BCUT2D eigenvalue weighted by Crippen LogP contribution is -2.11. The third-order valence-electron chi connectivity index (χ3n) is 3.74. The number of carbonyl (C=O) groups is 1. The van der Waals surface area contributed by atoms with Crippen molar-refractivity contribution in [3.8, 4) is 0 Å². The van der Waals surface area contributed by atoms with Gasteiger partial charge in [0.15, 0.2) is 0 Å². The maximum absolute atomic E-state index is 12.9. The molecular formula is C21H18FNOS. The molecule has 0 saturated carbocycles. The topological polar surface area (TPSA) is 29.1 Å². The van der Waals surface area contributed by atoms with Gasteiger partial charge in [-0.05, 0) is 61.0 Å². The third-order valence-corrected chi connectivity index (χ3v) is 4.83. The summed E-state index contributed by atoms with van der Waals surface area (Å²) in [6, 6.07) is 21.7. The Labute approximate surface area is 151 Å². The Morgan fingerprint density at radius 2 is 1.56 bits per heavy atom. The minimum Gasteiger partial charge on any atom is -0.322 e. The van der Waals surface area contributed by atoms with E-state index < -0.39 is 0 Å². The molecule has 2 nitrogen and oxygen atoms in total. The fourth-order valence-corrected chi connectivity index (χ4v) is 3.14. The van der Waals surface area contributed by atoms with Crippen LogP contribution in [-0.2, 0) is 5.75 Å². The molecule has 0 aliphatic heterocycles. The van der Waals surface area contributed by atoms with Crippen LogP contribution in [0.15, 0.2) is 77.7 Å². The zero-order valence-electron chi connectivity index (χ0n) is 13.8. The van der Waals surface area contributed by atoms with E-state index in [0.29, 0.717) is 11.3 Å². The molecule has 25 heavy (non-hydrogen) atoms. The van der Waals surface area contributed by atoms with E-state index in [1.54, 1.807) is 23.9 Å². The van der Waals surface area contributed by atoms with Gasteiger partial charge in [-0.1, -0.05) is 29.8 Å².